The lowest BCUT2D eigenvalue weighted by atomic mass is 10.1. The zero-order valence-electron chi connectivity index (χ0n) is 15.8. The second-order valence-corrected chi connectivity index (χ2v) is 6.35. The summed E-state index contributed by atoms with van der Waals surface area (Å²) < 4.78 is 24.1. The van der Waals surface area contributed by atoms with Crippen LogP contribution in [0.15, 0.2) is 78.9 Å². The lowest BCUT2D eigenvalue weighted by Gasteiger charge is -2.18. The van der Waals surface area contributed by atoms with Crippen molar-refractivity contribution in [3.8, 4) is 5.75 Å². The number of amides is 1. The quantitative estimate of drug-likeness (QED) is 0.603. The number of hydrogen-bond donors (Lipinski definition) is 1. The van der Waals surface area contributed by atoms with Crippen molar-refractivity contribution >= 4 is 17.6 Å². The van der Waals surface area contributed by atoms with Crippen molar-refractivity contribution in [3.05, 3.63) is 95.8 Å². The lowest BCUT2D eigenvalue weighted by Crippen LogP contribution is -2.28. The molecule has 3 aromatic carbocycles. The van der Waals surface area contributed by atoms with Gasteiger partial charge in [-0.3, -0.25) is 4.79 Å². The van der Waals surface area contributed by atoms with Crippen LogP contribution in [0.3, 0.4) is 0 Å². The van der Waals surface area contributed by atoms with E-state index < -0.39 is 30.4 Å². The number of carbonyl (C=O) groups excluding carboxylic acids is 2. The average molecular weight is 393 g/mol. The highest BCUT2D eigenvalue weighted by molar-refractivity contribution is 5.96. The number of esters is 1. The van der Waals surface area contributed by atoms with Gasteiger partial charge in [0.2, 0.25) is 6.10 Å². The number of benzene rings is 3. The highest BCUT2D eigenvalue weighted by atomic mass is 19.1. The maximum Gasteiger partial charge on any atom is 0.345 e. The molecule has 0 aliphatic carbocycles. The van der Waals surface area contributed by atoms with Crippen molar-refractivity contribution in [2.45, 2.75) is 13.0 Å². The minimum atomic E-state index is -1.17. The highest BCUT2D eigenvalue weighted by Crippen LogP contribution is 2.21. The summed E-state index contributed by atoms with van der Waals surface area (Å²) in [6, 6.07) is 21.6. The number of rotatable bonds is 7. The molecule has 0 aliphatic heterocycles. The molecule has 148 valence electrons. The van der Waals surface area contributed by atoms with Crippen LogP contribution in [0.4, 0.5) is 10.1 Å². The van der Waals surface area contributed by atoms with Crippen LogP contribution < -0.4 is 10.1 Å². The predicted molar refractivity (Wildman–Crippen MR) is 107 cm³/mol. The number of ether oxygens (including phenoxy) is 2. The monoisotopic (exact) mass is 393 g/mol. The predicted octanol–water partition coefficient (Wildman–Crippen LogP) is 4.44. The standard InChI is InChI=1S/C23H20FNO4/c1-16-11-13-18(14-12-16)25-23(27)22(17-7-3-2-4-8-17)29-21(26)15-28-20-10-6-5-9-19(20)24/h2-14,22H,15H2,1H3,(H,25,27)/t22-/m0/s1. The van der Waals surface area contributed by atoms with Crippen LogP contribution in [0.1, 0.15) is 17.2 Å². The molecule has 0 aliphatic rings. The third-order valence-corrected chi connectivity index (χ3v) is 4.09. The summed E-state index contributed by atoms with van der Waals surface area (Å²) in [6.07, 6.45) is -1.17. The number of carbonyl (C=O) groups is 2. The molecule has 5 nitrogen and oxygen atoms in total. The first-order valence-corrected chi connectivity index (χ1v) is 9.02. The number of anilines is 1. The van der Waals surface area contributed by atoms with Crippen molar-refractivity contribution in [3.63, 3.8) is 0 Å². The first kappa shape index (κ1) is 20.1. The summed E-state index contributed by atoms with van der Waals surface area (Å²) in [5, 5.41) is 2.74. The van der Waals surface area contributed by atoms with Crippen molar-refractivity contribution < 1.29 is 23.5 Å². The number of nitrogens with one attached hydrogen (secondary N) is 1. The minimum absolute atomic E-state index is 0.0650. The molecule has 3 rings (SSSR count). The van der Waals surface area contributed by atoms with Crippen LogP contribution in [-0.4, -0.2) is 18.5 Å². The van der Waals surface area contributed by atoms with Gasteiger partial charge < -0.3 is 14.8 Å². The molecule has 0 radical (unpaired) electrons. The Kier molecular flexibility index (Phi) is 6.58. The minimum Gasteiger partial charge on any atom is -0.479 e. The van der Waals surface area contributed by atoms with Crippen LogP contribution in [0.5, 0.6) is 5.75 Å². The SMILES string of the molecule is Cc1ccc(NC(=O)[C@@H](OC(=O)COc2ccccc2F)c2ccccc2)cc1. The van der Waals surface area contributed by atoms with E-state index in [4.69, 9.17) is 9.47 Å². The van der Waals surface area contributed by atoms with Gasteiger partial charge in [-0.15, -0.1) is 0 Å². The maximum absolute atomic E-state index is 13.6. The van der Waals surface area contributed by atoms with E-state index >= 15 is 0 Å². The molecular weight excluding hydrogens is 373 g/mol. The fourth-order valence-electron chi connectivity index (χ4n) is 2.61. The van der Waals surface area contributed by atoms with Crippen molar-refractivity contribution in [2.75, 3.05) is 11.9 Å². The van der Waals surface area contributed by atoms with E-state index in [1.165, 1.54) is 18.2 Å². The summed E-state index contributed by atoms with van der Waals surface area (Å²) in [6.45, 7) is 1.41. The summed E-state index contributed by atoms with van der Waals surface area (Å²) >= 11 is 0. The van der Waals surface area contributed by atoms with E-state index in [1.54, 1.807) is 48.5 Å². The molecule has 1 N–H and O–H groups in total. The highest BCUT2D eigenvalue weighted by Gasteiger charge is 2.25. The first-order chi connectivity index (χ1) is 14.0. The summed E-state index contributed by atoms with van der Waals surface area (Å²) in [5.74, 6) is -1.94. The van der Waals surface area contributed by atoms with Crippen LogP contribution in [0.2, 0.25) is 0 Å². The maximum atomic E-state index is 13.6. The van der Waals surface area contributed by atoms with Gasteiger partial charge in [-0.2, -0.15) is 0 Å². The summed E-state index contributed by atoms with van der Waals surface area (Å²) in [4.78, 5) is 25.0. The Bertz CT molecular complexity index is 974. The molecule has 0 heterocycles. The Hall–Kier alpha value is -3.67. The first-order valence-electron chi connectivity index (χ1n) is 9.02. The molecule has 0 aromatic heterocycles. The largest absolute Gasteiger partial charge is 0.479 e. The molecule has 0 fully saturated rings. The summed E-state index contributed by atoms with van der Waals surface area (Å²) in [7, 11) is 0. The third-order valence-electron chi connectivity index (χ3n) is 4.09. The van der Waals surface area contributed by atoms with Gasteiger partial charge in [-0.1, -0.05) is 60.2 Å². The molecule has 6 heteroatoms. The normalized spacial score (nSPS) is 11.4. The molecule has 0 bridgehead atoms. The van der Waals surface area contributed by atoms with Gasteiger partial charge in [-0.25, -0.2) is 9.18 Å². The third kappa shape index (κ3) is 5.65. The Morgan fingerprint density at radius 3 is 2.28 bits per heavy atom. The van der Waals surface area contributed by atoms with Gasteiger partial charge in [0.25, 0.3) is 5.91 Å². The molecule has 0 unspecified atom stereocenters. The fourth-order valence-corrected chi connectivity index (χ4v) is 2.61. The van der Waals surface area contributed by atoms with Gasteiger partial charge in [0.15, 0.2) is 18.2 Å². The number of halogens is 1. The molecule has 0 saturated heterocycles. The number of hydrogen-bond acceptors (Lipinski definition) is 4. The van der Waals surface area contributed by atoms with Crippen molar-refractivity contribution in [2.24, 2.45) is 0 Å². The second kappa shape index (κ2) is 9.50. The van der Waals surface area contributed by atoms with Crippen LogP contribution >= 0.6 is 0 Å². The molecule has 29 heavy (non-hydrogen) atoms. The van der Waals surface area contributed by atoms with Gasteiger partial charge in [0.1, 0.15) is 0 Å². The Morgan fingerprint density at radius 1 is 0.931 bits per heavy atom. The Balaban J connectivity index is 1.70. The molecule has 1 amide bonds. The zero-order chi connectivity index (χ0) is 20.6. The van der Waals surface area contributed by atoms with Crippen LogP contribution in [0, 0.1) is 12.7 Å². The van der Waals surface area contributed by atoms with Crippen LogP contribution in [-0.2, 0) is 14.3 Å². The zero-order valence-corrected chi connectivity index (χ0v) is 15.8. The van der Waals surface area contributed by atoms with Crippen LogP contribution in [0.25, 0.3) is 0 Å². The fraction of sp³-hybridized carbons (Fsp3) is 0.130. The lowest BCUT2D eigenvalue weighted by molar-refractivity contribution is -0.156. The summed E-state index contributed by atoms with van der Waals surface area (Å²) in [5.41, 5.74) is 2.15. The topological polar surface area (TPSA) is 64.6 Å². The van der Waals surface area contributed by atoms with E-state index in [-0.39, 0.29) is 5.75 Å². The number of para-hydroxylation sites is 1. The van der Waals surface area contributed by atoms with E-state index in [1.807, 2.05) is 19.1 Å². The van der Waals surface area contributed by atoms with E-state index in [0.29, 0.717) is 11.3 Å². The molecular formula is C23H20FNO4. The average Bonchev–Trinajstić information content (AvgIpc) is 2.73. The van der Waals surface area contributed by atoms with Gasteiger partial charge in [0, 0.05) is 11.3 Å². The Morgan fingerprint density at radius 2 is 1.59 bits per heavy atom. The van der Waals surface area contributed by atoms with Crippen molar-refractivity contribution in [1.29, 1.82) is 0 Å². The van der Waals surface area contributed by atoms with E-state index in [0.717, 1.165) is 5.56 Å². The molecule has 1 atom stereocenters. The van der Waals surface area contributed by atoms with Gasteiger partial charge >= 0.3 is 5.97 Å². The van der Waals surface area contributed by atoms with E-state index in [9.17, 15) is 14.0 Å². The number of aryl methyl sites for hydroxylation is 1. The van der Waals surface area contributed by atoms with E-state index in [2.05, 4.69) is 5.32 Å². The van der Waals surface area contributed by atoms with Crippen molar-refractivity contribution in [1.82, 2.24) is 0 Å². The van der Waals surface area contributed by atoms with Gasteiger partial charge in [0.05, 0.1) is 0 Å². The smallest absolute Gasteiger partial charge is 0.345 e. The second-order valence-electron chi connectivity index (χ2n) is 6.35. The Labute approximate surface area is 168 Å². The molecule has 3 aromatic rings. The molecule has 0 spiro atoms. The molecule has 0 saturated carbocycles. The van der Waals surface area contributed by atoms with Gasteiger partial charge in [-0.05, 0) is 31.2 Å².